The van der Waals surface area contributed by atoms with Gasteiger partial charge in [-0.15, -0.1) is 11.3 Å². The van der Waals surface area contributed by atoms with Crippen LogP contribution in [0.15, 0.2) is 24.3 Å². The first-order chi connectivity index (χ1) is 12.3. The van der Waals surface area contributed by atoms with Gasteiger partial charge in [0.15, 0.2) is 0 Å². The van der Waals surface area contributed by atoms with Crippen LogP contribution in [-0.2, 0) is 11.3 Å². The number of rotatable bonds is 5. The van der Waals surface area contributed by atoms with Crippen LogP contribution in [0.25, 0.3) is 10.2 Å². The number of fused-ring (bicyclic) bond motifs is 1. The van der Waals surface area contributed by atoms with Gasteiger partial charge in [0.1, 0.15) is 5.01 Å². The lowest BCUT2D eigenvalue weighted by Crippen LogP contribution is -2.44. The van der Waals surface area contributed by atoms with Gasteiger partial charge in [0.05, 0.1) is 22.9 Å². The zero-order chi connectivity index (χ0) is 17.1. The molecule has 0 amide bonds. The molecule has 1 unspecified atom stereocenters. The number of benzene rings is 1. The van der Waals surface area contributed by atoms with Crippen LogP contribution < -0.4 is 0 Å². The smallest absolute Gasteiger partial charge is 0.108 e. The summed E-state index contributed by atoms with van der Waals surface area (Å²) in [5, 5.41) is 11.3. The number of hydrogen-bond acceptors (Lipinski definition) is 5. The third kappa shape index (κ3) is 4.05. The van der Waals surface area contributed by atoms with Crippen molar-refractivity contribution in [3.8, 4) is 0 Å². The molecule has 0 spiro atoms. The average Bonchev–Trinajstić information content (AvgIpc) is 3.07. The lowest BCUT2D eigenvalue weighted by Gasteiger charge is -2.42. The molecule has 1 aromatic heterocycles. The molecule has 0 aliphatic carbocycles. The van der Waals surface area contributed by atoms with Crippen LogP contribution in [-0.4, -0.2) is 47.4 Å². The summed E-state index contributed by atoms with van der Waals surface area (Å²) in [6.07, 6.45) is 7.14. The summed E-state index contributed by atoms with van der Waals surface area (Å²) >= 11 is 1.80. The molecule has 2 fully saturated rings. The zero-order valence-electron chi connectivity index (χ0n) is 14.8. The van der Waals surface area contributed by atoms with Crippen molar-refractivity contribution in [3.05, 3.63) is 29.3 Å². The third-order valence-electron chi connectivity index (χ3n) is 5.88. The number of aromatic nitrogens is 1. The molecule has 3 heterocycles. The van der Waals surface area contributed by atoms with Crippen molar-refractivity contribution in [3.63, 3.8) is 0 Å². The van der Waals surface area contributed by atoms with Crippen LogP contribution in [0.3, 0.4) is 0 Å². The van der Waals surface area contributed by atoms with Crippen LogP contribution in [0, 0.1) is 5.41 Å². The normalized spacial score (nSPS) is 24.6. The average molecular weight is 361 g/mol. The first kappa shape index (κ1) is 17.4. The van der Waals surface area contributed by atoms with E-state index >= 15 is 0 Å². The molecule has 2 saturated heterocycles. The van der Waals surface area contributed by atoms with Crippen LogP contribution in [0.5, 0.6) is 0 Å². The second-order valence-corrected chi connectivity index (χ2v) is 8.82. The Kier molecular flexibility index (Phi) is 5.36. The van der Waals surface area contributed by atoms with E-state index in [1.807, 2.05) is 0 Å². The maximum Gasteiger partial charge on any atom is 0.108 e. The van der Waals surface area contributed by atoms with Crippen LogP contribution in [0.1, 0.15) is 43.5 Å². The topological polar surface area (TPSA) is 45.6 Å². The quantitative estimate of drug-likeness (QED) is 0.880. The van der Waals surface area contributed by atoms with Gasteiger partial charge in [-0.05, 0) is 69.2 Å². The fourth-order valence-corrected chi connectivity index (χ4v) is 5.25. The summed E-state index contributed by atoms with van der Waals surface area (Å²) in [7, 11) is 0. The number of ether oxygens (including phenoxy) is 1. The minimum Gasteiger partial charge on any atom is -0.396 e. The van der Waals surface area contributed by atoms with Crippen molar-refractivity contribution in [1.82, 2.24) is 9.88 Å². The molecular formula is C20H28N2O2S. The molecule has 2 aromatic rings. The largest absolute Gasteiger partial charge is 0.396 e. The lowest BCUT2D eigenvalue weighted by atomic mass is 9.74. The molecule has 1 atom stereocenters. The Balaban J connectivity index is 1.34. The summed E-state index contributed by atoms with van der Waals surface area (Å²) in [5.41, 5.74) is 1.17. The molecule has 1 N–H and O–H groups in total. The first-order valence-corrected chi connectivity index (χ1v) is 10.4. The Hall–Kier alpha value is -1.01. The molecule has 2 aliphatic heterocycles. The molecule has 136 valence electrons. The monoisotopic (exact) mass is 360 g/mol. The van der Waals surface area contributed by atoms with Crippen LogP contribution >= 0.6 is 11.3 Å². The van der Waals surface area contributed by atoms with Gasteiger partial charge in [-0.2, -0.15) is 0 Å². The van der Waals surface area contributed by atoms with Crippen molar-refractivity contribution in [2.24, 2.45) is 5.41 Å². The number of aliphatic hydroxyl groups excluding tert-OH is 1. The van der Waals surface area contributed by atoms with Gasteiger partial charge in [-0.3, -0.25) is 4.90 Å². The number of para-hydroxylation sites is 1. The van der Waals surface area contributed by atoms with Gasteiger partial charge in [0, 0.05) is 13.2 Å². The third-order valence-corrected chi connectivity index (χ3v) is 6.90. The van der Waals surface area contributed by atoms with Crippen LogP contribution in [0.4, 0.5) is 0 Å². The predicted molar refractivity (Wildman–Crippen MR) is 102 cm³/mol. The highest BCUT2D eigenvalue weighted by Crippen LogP contribution is 2.38. The lowest BCUT2D eigenvalue weighted by molar-refractivity contribution is -0.0486. The number of likely N-dealkylation sites (tertiary alicyclic amines) is 1. The van der Waals surface area contributed by atoms with Crippen LogP contribution in [0.2, 0.25) is 0 Å². The van der Waals surface area contributed by atoms with E-state index in [1.54, 1.807) is 11.3 Å². The standard InChI is InChI=1S/C20H28N2O2S/c23-15-20(13-16-5-3-4-12-24-16)8-10-22(11-9-20)14-19-21-17-6-1-2-7-18(17)25-19/h1-2,6-7,16,23H,3-5,8-15H2. The molecule has 2 aliphatic rings. The van der Waals surface area contributed by atoms with Gasteiger partial charge in [0.2, 0.25) is 0 Å². The van der Waals surface area contributed by atoms with Crippen molar-refractivity contribution < 1.29 is 9.84 Å². The number of piperidine rings is 1. The molecule has 4 nitrogen and oxygen atoms in total. The number of aliphatic hydroxyl groups is 1. The Labute approximate surface area is 153 Å². The van der Waals surface area contributed by atoms with Gasteiger partial charge in [-0.1, -0.05) is 12.1 Å². The van der Waals surface area contributed by atoms with E-state index in [0.717, 1.165) is 57.4 Å². The van der Waals surface area contributed by atoms with E-state index in [2.05, 4.69) is 29.2 Å². The van der Waals surface area contributed by atoms with E-state index in [0.29, 0.717) is 12.7 Å². The van der Waals surface area contributed by atoms with Crippen molar-refractivity contribution in [1.29, 1.82) is 0 Å². The summed E-state index contributed by atoms with van der Waals surface area (Å²) in [6, 6.07) is 8.37. The Morgan fingerprint density at radius 2 is 2.08 bits per heavy atom. The molecule has 0 bridgehead atoms. The zero-order valence-corrected chi connectivity index (χ0v) is 15.6. The maximum absolute atomic E-state index is 10.1. The Morgan fingerprint density at radius 1 is 1.24 bits per heavy atom. The second kappa shape index (κ2) is 7.70. The van der Waals surface area contributed by atoms with Gasteiger partial charge in [0.25, 0.3) is 0 Å². The van der Waals surface area contributed by atoms with E-state index in [4.69, 9.17) is 9.72 Å². The summed E-state index contributed by atoms with van der Waals surface area (Å²) in [4.78, 5) is 7.26. The summed E-state index contributed by atoms with van der Waals surface area (Å²) in [5.74, 6) is 0. The highest BCUT2D eigenvalue weighted by atomic mass is 32.1. The number of thiazole rings is 1. The minimum absolute atomic E-state index is 0.0616. The highest BCUT2D eigenvalue weighted by molar-refractivity contribution is 7.18. The number of hydrogen-bond donors (Lipinski definition) is 1. The summed E-state index contributed by atoms with van der Waals surface area (Å²) in [6.45, 7) is 4.21. The molecule has 0 radical (unpaired) electrons. The maximum atomic E-state index is 10.1. The molecular weight excluding hydrogens is 332 g/mol. The predicted octanol–water partition coefficient (Wildman–Crippen LogP) is 3.83. The Bertz CT molecular complexity index is 655. The van der Waals surface area contributed by atoms with Crippen molar-refractivity contribution in [2.75, 3.05) is 26.3 Å². The number of nitrogens with zero attached hydrogens (tertiary/aromatic N) is 2. The van der Waals surface area contributed by atoms with E-state index in [1.165, 1.54) is 22.5 Å². The van der Waals surface area contributed by atoms with Gasteiger partial charge < -0.3 is 9.84 Å². The van der Waals surface area contributed by atoms with Crippen molar-refractivity contribution in [2.45, 2.75) is 51.2 Å². The van der Waals surface area contributed by atoms with E-state index in [9.17, 15) is 5.11 Å². The molecule has 5 heteroatoms. The SMILES string of the molecule is OCC1(CC2CCCCO2)CCN(Cc2nc3ccccc3s2)CC1. The second-order valence-electron chi connectivity index (χ2n) is 7.70. The first-order valence-electron chi connectivity index (χ1n) is 9.56. The molecule has 0 saturated carbocycles. The summed E-state index contributed by atoms with van der Waals surface area (Å²) < 4.78 is 7.20. The van der Waals surface area contributed by atoms with Crippen molar-refractivity contribution >= 4 is 21.6 Å². The molecule has 25 heavy (non-hydrogen) atoms. The minimum atomic E-state index is 0.0616. The Morgan fingerprint density at radius 3 is 2.80 bits per heavy atom. The van der Waals surface area contributed by atoms with E-state index < -0.39 is 0 Å². The fraction of sp³-hybridized carbons (Fsp3) is 0.650. The van der Waals surface area contributed by atoms with E-state index in [-0.39, 0.29) is 5.41 Å². The molecule has 4 rings (SSSR count). The van der Waals surface area contributed by atoms with Gasteiger partial charge >= 0.3 is 0 Å². The highest BCUT2D eigenvalue weighted by Gasteiger charge is 2.37. The van der Waals surface area contributed by atoms with Gasteiger partial charge in [-0.25, -0.2) is 4.98 Å². The fourth-order valence-electron chi connectivity index (χ4n) is 4.24. The molecule has 1 aromatic carbocycles.